The van der Waals surface area contributed by atoms with Gasteiger partial charge in [0.2, 0.25) is 0 Å². The molecule has 1 fully saturated rings. The van der Waals surface area contributed by atoms with Crippen molar-refractivity contribution >= 4 is 35.0 Å². The fourth-order valence-electron chi connectivity index (χ4n) is 3.25. The Morgan fingerprint density at radius 2 is 2.11 bits per heavy atom. The lowest BCUT2D eigenvalue weighted by Gasteiger charge is -2.26. The highest BCUT2D eigenvalue weighted by molar-refractivity contribution is 7.99. The van der Waals surface area contributed by atoms with E-state index in [9.17, 15) is 9.59 Å². The lowest BCUT2D eigenvalue weighted by molar-refractivity contribution is -0.146. The Hall–Kier alpha value is -1.87. The minimum absolute atomic E-state index is 0.0940. The molecule has 0 bridgehead atoms. The number of aromatic nitrogens is 3. The molecule has 7 nitrogen and oxygen atoms in total. The summed E-state index contributed by atoms with van der Waals surface area (Å²) in [5, 5.41) is 14.0. The number of carbonyl (C=O) groups excluding carboxylic acids is 2. The Balaban J connectivity index is 1.43. The first-order chi connectivity index (χ1) is 13.6. The molecule has 0 aromatic carbocycles. The molecule has 1 amide bonds. The molecule has 2 aromatic rings. The number of ether oxygens (including phenoxy) is 1. The largest absolute Gasteiger partial charge is 0.455 e. The zero-order valence-electron chi connectivity index (χ0n) is 16.2. The predicted octanol–water partition coefficient (Wildman–Crippen LogP) is 3.36. The molecule has 2 aromatic heterocycles. The molecule has 0 saturated heterocycles. The van der Waals surface area contributed by atoms with E-state index in [1.54, 1.807) is 11.3 Å². The molecule has 0 aliphatic heterocycles. The van der Waals surface area contributed by atoms with Crippen molar-refractivity contribution in [2.45, 2.75) is 57.3 Å². The van der Waals surface area contributed by atoms with E-state index in [1.807, 2.05) is 29.0 Å². The lowest BCUT2D eigenvalue weighted by atomic mass is 9.87. The zero-order valence-corrected chi connectivity index (χ0v) is 17.9. The van der Waals surface area contributed by atoms with Crippen LogP contribution in [0.2, 0.25) is 0 Å². The summed E-state index contributed by atoms with van der Waals surface area (Å²) in [5.41, 5.74) is 0. The molecule has 1 aliphatic rings. The Bertz CT molecular complexity index is 783. The smallest absolute Gasteiger partial charge is 0.316 e. The normalized spacial score (nSPS) is 19.4. The van der Waals surface area contributed by atoms with Crippen molar-refractivity contribution in [2.24, 2.45) is 5.92 Å². The molecule has 1 N–H and O–H groups in total. The summed E-state index contributed by atoms with van der Waals surface area (Å²) < 4.78 is 7.09. The molecule has 9 heteroatoms. The lowest BCUT2D eigenvalue weighted by Crippen LogP contribution is -2.39. The Morgan fingerprint density at radius 1 is 1.32 bits per heavy atom. The molecule has 0 atom stereocenters. The van der Waals surface area contributed by atoms with Crippen LogP contribution in [0, 0.1) is 5.92 Å². The highest BCUT2D eigenvalue weighted by Crippen LogP contribution is 2.27. The third-order valence-corrected chi connectivity index (χ3v) is 6.65. The highest BCUT2D eigenvalue weighted by Gasteiger charge is 2.20. The van der Waals surface area contributed by atoms with E-state index >= 15 is 0 Å². The summed E-state index contributed by atoms with van der Waals surface area (Å²) >= 11 is 2.87. The first-order valence-corrected chi connectivity index (χ1v) is 11.5. The molecular weight excluding hydrogens is 396 g/mol. The fourth-order valence-corrected chi connectivity index (χ4v) is 4.77. The van der Waals surface area contributed by atoms with Crippen LogP contribution >= 0.6 is 23.1 Å². The number of hydrogen-bond donors (Lipinski definition) is 1. The van der Waals surface area contributed by atoms with Gasteiger partial charge in [0, 0.05) is 12.6 Å². The van der Waals surface area contributed by atoms with E-state index in [-0.39, 0.29) is 24.3 Å². The summed E-state index contributed by atoms with van der Waals surface area (Å²) in [6, 6.07) is 4.17. The van der Waals surface area contributed by atoms with Gasteiger partial charge in [-0.25, -0.2) is 0 Å². The second kappa shape index (κ2) is 10.1. The fraction of sp³-hybridized carbons (Fsp3) is 0.579. The maximum absolute atomic E-state index is 12.0. The van der Waals surface area contributed by atoms with Crippen molar-refractivity contribution in [3.63, 3.8) is 0 Å². The second-order valence-electron chi connectivity index (χ2n) is 7.00. The number of nitrogens with zero attached hydrogens (tertiary/aromatic N) is 3. The van der Waals surface area contributed by atoms with Gasteiger partial charge in [-0.3, -0.25) is 9.59 Å². The van der Waals surface area contributed by atoms with Gasteiger partial charge >= 0.3 is 5.97 Å². The maximum Gasteiger partial charge on any atom is 0.316 e. The molecule has 152 valence electrons. The van der Waals surface area contributed by atoms with E-state index in [0.29, 0.717) is 11.7 Å². The average molecular weight is 423 g/mol. The van der Waals surface area contributed by atoms with Crippen molar-refractivity contribution in [3.05, 3.63) is 17.5 Å². The van der Waals surface area contributed by atoms with Crippen LogP contribution in [0.15, 0.2) is 22.7 Å². The van der Waals surface area contributed by atoms with Crippen LogP contribution in [0.3, 0.4) is 0 Å². The third-order valence-electron chi connectivity index (χ3n) is 4.84. The minimum atomic E-state index is -0.430. The zero-order chi connectivity index (χ0) is 19.9. The highest BCUT2D eigenvalue weighted by atomic mass is 32.2. The topological polar surface area (TPSA) is 86.1 Å². The van der Waals surface area contributed by atoms with E-state index in [0.717, 1.165) is 42.3 Å². The standard InChI is InChI=1S/C19H26N4O3S2/c1-3-23-18(15-5-4-10-27-15)21-22-19(23)28-12-17(25)26-11-16(24)20-14-8-6-13(2)7-9-14/h4-5,10,13-14H,3,6-9,11-12H2,1-2H3,(H,20,24). The van der Waals surface area contributed by atoms with Gasteiger partial charge in [-0.2, -0.15) is 0 Å². The first kappa shape index (κ1) is 20.9. The van der Waals surface area contributed by atoms with Gasteiger partial charge < -0.3 is 14.6 Å². The third kappa shape index (κ3) is 5.57. The average Bonchev–Trinajstić information content (AvgIpc) is 3.35. The quantitative estimate of drug-likeness (QED) is 0.519. The van der Waals surface area contributed by atoms with Crippen LogP contribution in [0.1, 0.15) is 39.5 Å². The van der Waals surface area contributed by atoms with Crippen LogP contribution in [-0.2, 0) is 20.9 Å². The van der Waals surface area contributed by atoms with Gasteiger partial charge in [0.1, 0.15) is 0 Å². The second-order valence-corrected chi connectivity index (χ2v) is 8.89. The molecule has 0 unspecified atom stereocenters. The number of carbonyl (C=O) groups is 2. The van der Waals surface area contributed by atoms with Gasteiger partial charge in [0.05, 0.1) is 10.6 Å². The Labute approximate surface area is 173 Å². The van der Waals surface area contributed by atoms with Crippen molar-refractivity contribution in [3.8, 4) is 10.7 Å². The molecule has 0 radical (unpaired) electrons. The number of nitrogens with one attached hydrogen (secondary N) is 1. The maximum atomic E-state index is 12.0. The Morgan fingerprint density at radius 3 is 2.79 bits per heavy atom. The Kier molecular flexibility index (Phi) is 7.50. The van der Waals surface area contributed by atoms with E-state index in [1.165, 1.54) is 11.8 Å². The van der Waals surface area contributed by atoms with Crippen LogP contribution < -0.4 is 5.32 Å². The van der Waals surface area contributed by atoms with E-state index in [2.05, 4.69) is 22.4 Å². The first-order valence-electron chi connectivity index (χ1n) is 9.61. The number of amides is 1. The summed E-state index contributed by atoms with van der Waals surface area (Å²) in [6.45, 7) is 4.73. The van der Waals surface area contributed by atoms with Gasteiger partial charge in [-0.15, -0.1) is 21.5 Å². The monoisotopic (exact) mass is 422 g/mol. The number of thiophene rings is 1. The van der Waals surface area contributed by atoms with E-state index in [4.69, 9.17) is 4.74 Å². The molecular formula is C19H26N4O3S2. The van der Waals surface area contributed by atoms with Gasteiger partial charge in [-0.1, -0.05) is 24.8 Å². The molecule has 3 rings (SSSR count). The molecule has 0 spiro atoms. The van der Waals surface area contributed by atoms with Crippen LogP contribution in [-0.4, -0.2) is 45.0 Å². The molecule has 28 heavy (non-hydrogen) atoms. The number of hydrogen-bond acceptors (Lipinski definition) is 7. The summed E-state index contributed by atoms with van der Waals surface area (Å²) in [5.74, 6) is 0.968. The van der Waals surface area contributed by atoms with Crippen LogP contribution in [0.4, 0.5) is 0 Å². The molecule has 1 aliphatic carbocycles. The molecule has 2 heterocycles. The van der Waals surface area contributed by atoms with E-state index < -0.39 is 5.97 Å². The molecule has 1 saturated carbocycles. The number of thioether (sulfide) groups is 1. The van der Waals surface area contributed by atoms with Gasteiger partial charge in [0.25, 0.3) is 5.91 Å². The predicted molar refractivity (Wildman–Crippen MR) is 110 cm³/mol. The number of rotatable bonds is 8. The summed E-state index contributed by atoms with van der Waals surface area (Å²) in [4.78, 5) is 25.0. The van der Waals surface area contributed by atoms with Crippen molar-refractivity contribution in [1.82, 2.24) is 20.1 Å². The van der Waals surface area contributed by atoms with Gasteiger partial charge in [0.15, 0.2) is 17.6 Å². The van der Waals surface area contributed by atoms with Gasteiger partial charge in [-0.05, 0) is 50.0 Å². The SMILES string of the molecule is CCn1c(SCC(=O)OCC(=O)NC2CCC(C)CC2)nnc1-c1cccs1. The van der Waals surface area contributed by atoms with Crippen molar-refractivity contribution in [1.29, 1.82) is 0 Å². The van der Waals surface area contributed by atoms with Crippen LogP contribution in [0.5, 0.6) is 0 Å². The van der Waals surface area contributed by atoms with Crippen molar-refractivity contribution < 1.29 is 14.3 Å². The summed E-state index contributed by atoms with van der Waals surface area (Å²) in [6.07, 6.45) is 4.26. The number of esters is 1. The van der Waals surface area contributed by atoms with Crippen molar-refractivity contribution in [2.75, 3.05) is 12.4 Å². The minimum Gasteiger partial charge on any atom is -0.455 e. The van der Waals surface area contributed by atoms with Crippen LogP contribution in [0.25, 0.3) is 10.7 Å². The summed E-state index contributed by atoms with van der Waals surface area (Å²) in [7, 11) is 0.